The minimum atomic E-state index is -2.06. The second-order valence-corrected chi connectivity index (χ2v) is 2.72. The van der Waals surface area contributed by atoms with Crippen molar-refractivity contribution in [3.8, 4) is 0 Å². The SMILES string of the molecule is NCCCO[P+](=O)OCCO. The molecule has 0 bridgehead atoms. The van der Waals surface area contributed by atoms with Gasteiger partial charge in [0.2, 0.25) is 0 Å². The van der Waals surface area contributed by atoms with Crippen LogP contribution >= 0.6 is 8.25 Å². The van der Waals surface area contributed by atoms with Gasteiger partial charge >= 0.3 is 8.25 Å². The van der Waals surface area contributed by atoms with Gasteiger partial charge in [-0.3, -0.25) is 0 Å². The average molecular weight is 182 g/mol. The maximum atomic E-state index is 10.6. The van der Waals surface area contributed by atoms with Gasteiger partial charge in [0.25, 0.3) is 0 Å². The third-order valence-corrected chi connectivity index (χ3v) is 1.62. The van der Waals surface area contributed by atoms with Crippen LogP contribution < -0.4 is 5.73 Å². The number of rotatable bonds is 7. The summed E-state index contributed by atoms with van der Waals surface area (Å²) in [6, 6.07) is 0. The van der Waals surface area contributed by atoms with Crippen molar-refractivity contribution in [2.75, 3.05) is 26.4 Å². The maximum Gasteiger partial charge on any atom is 0.697 e. The summed E-state index contributed by atoms with van der Waals surface area (Å²) in [5.74, 6) is 0. The predicted molar refractivity (Wildman–Crippen MR) is 40.3 cm³/mol. The fraction of sp³-hybridized carbons (Fsp3) is 1.00. The molecule has 0 heterocycles. The molecule has 0 aliphatic rings. The van der Waals surface area contributed by atoms with E-state index in [2.05, 4.69) is 9.05 Å². The summed E-state index contributed by atoms with van der Waals surface area (Å²) in [6.07, 6.45) is 0.656. The second-order valence-electron chi connectivity index (χ2n) is 1.76. The summed E-state index contributed by atoms with van der Waals surface area (Å²) < 4.78 is 19.8. The van der Waals surface area contributed by atoms with Crippen LogP contribution in [0.1, 0.15) is 6.42 Å². The molecule has 0 aliphatic carbocycles. The monoisotopic (exact) mass is 182 g/mol. The largest absolute Gasteiger partial charge is 0.697 e. The normalized spacial score (nSPS) is 11.6. The van der Waals surface area contributed by atoms with Crippen LogP contribution in [0.2, 0.25) is 0 Å². The Kier molecular flexibility index (Phi) is 8.00. The summed E-state index contributed by atoms with van der Waals surface area (Å²) in [4.78, 5) is 0. The highest BCUT2D eigenvalue weighted by Crippen LogP contribution is 2.22. The van der Waals surface area contributed by atoms with Crippen molar-refractivity contribution in [1.29, 1.82) is 0 Å². The molecule has 0 aromatic rings. The second kappa shape index (κ2) is 8.04. The molecule has 0 amide bonds. The Labute approximate surface area is 66.4 Å². The third kappa shape index (κ3) is 7.84. The molecule has 0 saturated carbocycles. The lowest BCUT2D eigenvalue weighted by Gasteiger charge is -1.88. The van der Waals surface area contributed by atoms with E-state index in [1.807, 2.05) is 0 Å². The zero-order valence-corrected chi connectivity index (χ0v) is 7.13. The van der Waals surface area contributed by atoms with Gasteiger partial charge in [-0.1, -0.05) is 0 Å². The van der Waals surface area contributed by atoms with Gasteiger partial charge in [-0.15, -0.1) is 9.05 Å². The van der Waals surface area contributed by atoms with Gasteiger partial charge in [0.05, 0.1) is 6.61 Å². The van der Waals surface area contributed by atoms with Crippen LogP contribution in [-0.4, -0.2) is 31.5 Å². The molecule has 1 unspecified atom stereocenters. The standard InChI is InChI=1S/C5H13NO4P/c6-2-1-4-9-11(8)10-5-3-7/h7H,1-6H2/q+1. The molecule has 3 N–H and O–H groups in total. The molecule has 0 aliphatic heterocycles. The highest BCUT2D eigenvalue weighted by molar-refractivity contribution is 7.33. The first-order chi connectivity index (χ1) is 5.31. The molecule has 0 radical (unpaired) electrons. The molecule has 66 valence electrons. The van der Waals surface area contributed by atoms with Crippen LogP contribution in [0.5, 0.6) is 0 Å². The molecule has 1 atom stereocenters. The van der Waals surface area contributed by atoms with E-state index in [9.17, 15) is 4.57 Å². The van der Waals surface area contributed by atoms with Gasteiger partial charge < -0.3 is 10.8 Å². The van der Waals surface area contributed by atoms with Crippen molar-refractivity contribution in [2.45, 2.75) is 6.42 Å². The molecule has 6 heteroatoms. The Morgan fingerprint density at radius 2 is 2.00 bits per heavy atom. The van der Waals surface area contributed by atoms with E-state index in [-0.39, 0.29) is 13.2 Å². The van der Waals surface area contributed by atoms with Gasteiger partial charge in [0.1, 0.15) is 13.2 Å². The first-order valence-corrected chi connectivity index (χ1v) is 4.44. The van der Waals surface area contributed by atoms with Crippen LogP contribution in [0.25, 0.3) is 0 Å². The Morgan fingerprint density at radius 3 is 2.55 bits per heavy atom. The summed E-state index contributed by atoms with van der Waals surface area (Å²) >= 11 is 0. The van der Waals surface area contributed by atoms with Crippen molar-refractivity contribution in [2.24, 2.45) is 5.73 Å². The highest BCUT2D eigenvalue weighted by atomic mass is 31.1. The van der Waals surface area contributed by atoms with E-state index in [4.69, 9.17) is 10.8 Å². The average Bonchev–Trinajstić information content (AvgIpc) is 2.01. The van der Waals surface area contributed by atoms with Crippen LogP contribution in [0.4, 0.5) is 0 Å². The van der Waals surface area contributed by atoms with Gasteiger partial charge in [0.15, 0.2) is 0 Å². The Balaban J connectivity index is 3.09. The summed E-state index contributed by atoms with van der Waals surface area (Å²) in [6.45, 7) is 0.722. The lowest BCUT2D eigenvalue weighted by molar-refractivity contribution is 0.174. The number of hydrogen-bond acceptors (Lipinski definition) is 5. The van der Waals surface area contributed by atoms with E-state index < -0.39 is 8.25 Å². The Hall–Kier alpha value is -0.0600. The summed E-state index contributed by atoms with van der Waals surface area (Å²) in [5.41, 5.74) is 5.16. The quantitative estimate of drug-likeness (QED) is 0.428. The summed E-state index contributed by atoms with van der Waals surface area (Å²) in [7, 11) is -2.06. The van der Waals surface area contributed by atoms with Crippen molar-refractivity contribution >= 4 is 8.25 Å². The molecule has 0 saturated heterocycles. The zero-order chi connectivity index (χ0) is 8.53. The summed E-state index contributed by atoms with van der Waals surface area (Å²) in [5, 5.41) is 8.26. The van der Waals surface area contributed by atoms with Crippen LogP contribution in [0.3, 0.4) is 0 Å². The number of aliphatic hydroxyl groups excluding tert-OH is 1. The van der Waals surface area contributed by atoms with Gasteiger partial charge in [-0.05, 0) is 13.0 Å². The lowest BCUT2D eigenvalue weighted by atomic mass is 10.5. The van der Waals surface area contributed by atoms with Crippen molar-refractivity contribution in [3.63, 3.8) is 0 Å². The lowest BCUT2D eigenvalue weighted by Crippen LogP contribution is -2.02. The molecular weight excluding hydrogens is 169 g/mol. The van der Waals surface area contributed by atoms with Gasteiger partial charge in [-0.2, -0.15) is 0 Å². The molecular formula is C5H13NO4P+. The van der Waals surface area contributed by atoms with Gasteiger partial charge in [0, 0.05) is 4.57 Å². The zero-order valence-electron chi connectivity index (χ0n) is 6.23. The molecule has 0 aromatic heterocycles. The fourth-order valence-electron chi connectivity index (χ4n) is 0.375. The molecule has 0 aromatic carbocycles. The first-order valence-electron chi connectivity index (χ1n) is 3.35. The van der Waals surface area contributed by atoms with Gasteiger partial charge in [-0.25, -0.2) is 0 Å². The molecule has 0 fully saturated rings. The van der Waals surface area contributed by atoms with Crippen LogP contribution in [0, 0.1) is 0 Å². The Morgan fingerprint density at radius 1 is 1.36 bits per heavy atom. The van der Waals surface area contributed by atoms with E-state index in [1.54, 1.807) is 0 Å². The van der Waals surface area contributed by atoms with E-state index in [1.165, 1.54) is 0 Å². The molecule has 5 nitrogen and oxygen atoms in total. The minimum Gasteiger partial charge on any atom is -0.394 e. The highest BCUT2D eigenvalue weighted by Gasteiger charge is 2.18. The first kappa shape index (κ1) is 10.9. The molecule has 0 rings (SSSR count). The minimum absolute atomic E-state index is 0.0395. The third-order valence-electron chi connectivity index (χ3n) is 0.833. The molecule has 11 heavy (non-hydrogen) atoms. The Bertz CT molecular complexity index is 111. The van der Waals surface area contributed by atoms with Crippen molar-refractivity contribution < 1.29 is 18.7 Å². The van der Waals surface area contributed by atoms with E-state index in [0.29, 0.717) is 19.6 Å². The maximum absolute atomic E-state index is 10.6. The topological polar surface area (TPSA) is 81.8 Å². The predicted octanol–water partition coefficient (Wildman–Crippen LogP) is 0.0181. The number of aliphatic hydroxyl groups is 1. The fourth-order valence-corrected chi connectivity index (χ4v) is 0.958. The van der Waals surface area contributed by atoms with E-state index >= 15 is 0 Å². The van der Waals surface area contributed by atoms with E-state index in [0.717, 1.165) is 0 Å². The smallest absolute Gasteiger partial charge is 0.394 e. The van der Waals surface area contributed by atoms with Crippen molar-refractivity contribution in [1.82, 2.24) is 0 Å². The van der Waals surface area contributed by atoms with Crippen LogP contribution in [0.15, 0.2) is 0 Å². The molecule has 0 spiro atoms. The number of nitrogens with two attached hydrogens (primary N) is 1. The number of hydrogen-bond donors (Lipinski definition) is 2. The van der Waals surface area contributed by atoms with Crippen molar-refractivity contribution in [3.05, 3.63) is 0 Å². The van der Waals surface area contributed by atoms with Crippen LogP contribution in [-0.2, 0) is 13.6 Å².